The number of hydrogen-bond acceptors (Lipinski definition) is 6. The predicted molar refractivity (Wildman–Crippen MR) is 112 cm³/mol. The van der Waals surface area contributed by atoms with Gasteiger partial charge in [-0.25, -0.2) is 0 Å². The van der Waals surface area contributed by atoms with E-state index < -0.39 is 0 Å². The zero-order chi connectivity index (χ0) is 20.9. The molecule has 1 saturated heterocycles. The zero-order valence-electron chi connectivity index (χ0n) is 16.4. The second kappa shape index (κ2) is 9.17. The third-order valence-corrected chi connectivity index (χ3v) is 6.09. The molecular weight excluding hydrogens is 402 g/mol. The van der Waals surface area contributed by atoms with Crippen molar-refractivity contribution in [3.05, 3.63) is 54.3 Å². The Bertz CT molecular complexity index is 1000. The van der Waals surface area contributed by atoms with Gasteiger partial charge in [0, 0.05) is 13.1 Å². The van der Waals surface area contributed by atoms with E-state index in [4.69, 9.17) is 10.2 Å². The lowest BCUT2D eigenvalue weighted by atomic mass is 9.97. The van der Waals surface area contributed by atoms with Crippen LogP contribution in [0.5, 0.6) is 0 Å². The van der Waals surface area contributed by atoms with Crippen LogP contribution in [-0.4, -0.2) is 50.3 Å². The number of carbonyl (C=O) groups excluding carboxylic acids is 2. The number of nitrogens with two attached hydrogens (primary N) is 1. The number of likely N-dealkylation sites (tertiary alicyclic amines) is 1. The van der Waals surface area contributed by atoms with Gasteiger partial charge < -0.3 is 15.1 Å². The zero-order valence-corrected chi connectivity index (χ0v) is 17.3. The van der Waals surface area contributed by atoms with Crippen LogP contribution in [0.3, 0.4) is 0 Å². The van der Waals surface area contributed by atoms with Gasteiger partial charge in [0.05, 0.1) is 24.5 Å². The first kappa shape index (κ1) is 20.2. The van der Waals surface area contributed by atoms with E-state index in [2.05, 4.69) is 10.2 Å². The molecule has 1 unspecified atom stereocenters. The standard InChI is InChI=1S/C21H23N5O3S/c22-19(28)16-8-4-10-25(13-16)18(27)14-30-21-24-23-20(17-9-5-11-29-17)26(21)12-15-6-2-1-3-7-15/h1-3,5-7,9,11,16H,4,8,10,12-14H2,(H2,22,28). The fourth-order valence-corrected chi connectivity index (χ4v) is 4.39. The van der Waals surface area contributed by atoms with Crippen molar-refractivity contribution in [1.29, 1.82) is 0 Å². The Morgan fingerprint density at radius 1 is 1.17 bits per heavy atom. The molecule has 2 aromatic heterocycles. The van der Waals surface area contributed by atoms with Crippen molar-refractivity contribution >= 4 is 23.6 Å². The SMILES string of the molecule is NC(=O)C1CCCN(C(=O)CSc2nnc(-c3ccco3)n2Cc2ccccc2)C1. The Hall–Kier alpha value is -3.07. The lowest BCUT2D eigenvalue weighted by molar-refractivity contribution is -0.132. The van der Waals surface area contributed by atoms with Gasteiger partial charge >= 0.3 is 0 Å². The fourth-order valence-electron chi connectivity index (χ4n) is 3.55. The first-order valence-corrected chi connectivity index (χ1v) is 10.8. The average Bonchev–Trinajstić information content (AvgIpc) is 3.43. The summed E-state index contributed by atoms with van der Waals surface area (Å²) in [5.74, 6) is 0.824. The summed E-state index contributed by atoms with van der Waals surface area (Å²) in [5, 5.41) is 9.23. The van der Waals surface area contributed by atoms with Crippen LogP contribution in [0.2, 0.25) is 0 Å². The molecule has 9 heteroatoms. The maximum absolute atomic E-state index is 12.7. The van der Waals surface area contributed by atoms with Crippen LogP contribution in [0.1, 0.15) is 18.4 Å². The van der Waals surface area contributed by atoms with Crippen LogP contribution in [0.15, 0.2) is 58.3 Å². The molecule has 0 aliphatic carbocycles. The summed E-state index contributed by atoms with van der Waals surface area (Å²) in [6.07, 6.45) is 3.12. The van der Waals surface area contributed by atoms with E-state index in [-0.39, 0.29) is 23.5 Å². The lowest BCUT2D eigenvalue weighted by Gasteiger charge is -2.31. The predicted octanol–water partition coefficient (Wildman–Crippen LogP) is 2.40. The molecule has 3 aromatic rings. The molecule has 8 nitrogen and oxygen atoms in total. The van der Waals surface area contributed by atoms with Gasteiger partial charge in [-0.2, -0.15) is 0 Å². The average molecular weight is 426 g/mol. The van der Waals surface area contributed by atoms with Crippen molar-refractivity contribution in [2.75, 3.05) is 18.8 Å². The van der Waals surface area contributed by atoms with Crippen LogP contribution in [0.25, 0.3) is 11.6 Å². The highest BCUT2D eigenvalue weighted by Crippen LogP contribution is 2.26. The summed E-state index contributed by atoms with van der Waals surface area (Å²) in [5.41, 5.74) is 6.52. The number of hydrogen-bond donors (Lipinski definition) is 1. The van der Waals surface area contributed by atoms with Gasteiger partial charge in [0.15, 0.2) is 10.9 Å². The molecule has 0 bridgehead atoms. The van der Waals surface area contributed by atoms with E-state index in [1.807, 2.05) is 41.0 Å². The first-order chi connectivity index (χ1) is 14.6. The molecule has 3 heterocycles. The van der Waals surface area contributed by atoms with Crippen LogP contribution < -0.4 is 5.73 Å². The highest BCUT2D eigenvalue weighted by Gasteiger charge is 2.27. The van der Waals surface area contributed by atoms with Crippen LogP contribution in [0, 0.1) is 5.92 Å². The van der Waals surface area contributed by atoms with E-state index in [1.54, 1.807) is 17.2 Å². The van der Waals surface area contributed by atoms with Crippen LogP contribution in [0.4, 0.5) is 0 Å². The number of primary amides is 1. The topological polar surface area (TPSA) is 107 Å². The molecule has 156 valence electrons. The smallest absolute Gasteiger partial charge is 0.233 e. The molecule has 1 atom stereocenters. The molecule has 0 saturated carbocycles. The summed E-state index contributed by atoms with van der Waals surface area (Å²) in [6.45, 7) is 1.61. The summed E-state index contributed by atoms with van der Waals surface area (Å²) >= 11 is 1.34. The van der Waals surface area contributed by atoms with E-state index in [0.717, 1.165) is 18.4 Å². The number of piperidine rings is 1. The van der Waals surface area contributed by atoms with Crippen LogP contribution >= 0.6 is 11.8 Å². The van der Waals surface area contributed by atoms with Gasteiger partial charge in [-0.3, -0.25) is 14.2 Å². The monoisotopic (exact) mass is 425 g/mol. The summed E-state index contributed by atoms with van der Waals surface area (Å²) in [6, 6.07) is 13.6. The molecular formula is C21H23N5O3S. The minimum Gasteiger partial charge on any atom is -0.461 e. The largest absolute Gasteiger partial charge is 0.461 e. The Balaban J connectivity index is 1.49. The van der Waals surface area contributed by atoms with Gasteiger partial charge in [0.1, 0.15) is 0 Å². The number of nitrogens with zero attached hydrogens (tertiary/aromatic N) is 4. The van der Waals surface area contributed by atoms with Gasteiger partial charge in [-0.15, -0.1) is 10.2 Å². The molecule has 0 spiro atoms. The Morgan fingerprint density at radius 2 is 2.00 bits per heavy atom. The van der Waals surface area contributed by atoms with E-state index in [1.165, 1.54) is 11.8 Å². The Kier molecular flexibility index (Phi) is 6.18. The number of aromatic nitrogens is 3. The molecule has 1 aliphatic heterocycles. The number of amides is 2. The minimum absolute atomic E-state index is 0.0280. The molecule has 1 fully saturated rings. The van der Waals surface area contributed by atoms with Gasteiger partial charge in [0.25, 0.3) is 0 Å². The summed E-state index contributed by atoms with van der Waals surface area (Å²) in [4.78, 5) is 25.9. The first-order valence-electron chi connectivity index (χ1n) is 9.82. The van der Waals surface area contributed by atoms with Crippen LogP contribution in [-0.2, 0) is 16.1 Å². The van der Waals surface area contributed by atoms with Gasteiger partial charge in [0.2, 0.25) is 17.6 Å². The van der Waals surface area contributed by atoms with E-state index in [9.17, 15) is 9.59 Å². The van der Waals surface area contributed by atoms with E-state index >= 15 is 0 Å². The summed E-state index contributed by atoms with van der Waals surface area (Å²) in [7, 11) is 0. The third-order valence-electron chi connectivity index (χ3n) is 5.14. The van der Waals surface area contributed by atoms with Gasteiger partial charge in [-0.1, -0.05) is 42.1 Å². The second-order valence-corrected chi connectivity index (χ2v) is 8.17. The van der Waals surface area contributed by atoms with Crippen molar-refractivity contribution in [3.8, 4) is 11.6 Å². The highest BCUT2D eigenvalue weighted by atomic mass is 32.2. The lowest BCUT2D eigenvalue weighted by Crippen LogP contribution is -2.44. The van der Waals surface area contributed by atoms with Crippen molar-refractivity contribution in [3.63, 3.8) is 0 Å². The van der Waals surface area contributed by atoms with E-state index in [0.29, 0.717) is 36.4 Å². The molecule has 2 N–H and O–H groups in total. The van der Waals surface area contributed by atoms with Gasteiger partial charge in [-0.05, 0) is 30.5 Å². The summed E-state index contributed by atoms with van der Waals surface area (Å²) < 4.78 is 7.47. The molecule has 1 aliphatic rings. The molecule has 2 amide bonds. The normalized spacial score (nSPS) is 16.5. The van der Waals surface area contributed by atoms with Crippen molar-refractivity contribution in [2.24, 2.45) is 11.7 Å². The number of thioether (sulfide) groups is 1. The number of rotatable bonds is 7. The number of carbonyl (C=O) groups is 2. The Labute approximate surface area is 178 Å². The van der Waals surface area contributed by atoms with Crippen molar-refractivity contribution in [1.82, 2.24) is 19.7 Å². The number of benzene rings is 1. The highest BCUT2D eigenvalue weighted by molar-refractivity contribution is 7.99. The molecule has 0 radical (unpaired) electrons. The second-order valence-electron chi connectivity index (χ2n) is 7.23. The van der Waals surface area contributed by atoms with Crippen molar-refractivity contribution < 1.29 is 14.0 Å². The maximum atomic E-state index is 12.7. The fraction of sp³-hybridized carbons (Fsp3) is 0.333. The third kappa shape index (κ3) is 4.56. The molecule has 1 aromatic carbocycles. The molecule has 4 rings (SSSR count). The maximum Gasteiger partial charge on any atom is 0.233 e. The molecule has 30 heavy (non-hydrogen) atoms. The number of furan rings is 1. The quantitative estimate of drug-likeness (QED) is 0.583. The minimum atomic E-state index is -0.342. The Morgan fingerprint density at radius 3 is 2.73 bits per heavy atom. The van der Waals surface area contributed by atoms with Crippen molar-refractivity contribution in [2.45, 2.75) is 24.5 Å².